The number of morpholine rings is 1. The molecule has 2 rings (SSSR count). The second kappa shape index (κ2) is 9.62. The molecular weight excluding hydrogens is 407 g/mol. The predicted molar refractivity (Wildman–Crippen MR) is 106 cm³/mol. The Hall–Kier alpha value is -1.07. The van der Waals surface area contributed by atoms with Crippen LogP contribution in [-0.4, -0.2) is 55.1 Å². The van der Waals surface area contributed by atoms with Crippen LogP contribution in [0.1, 0.15) is 39.2 Å². The Balaban J connectivity index is 2.37. The molecule has 160 valence electrons. The zero-order chi connectivity index (χ0) is 20.9. The van der Waals surface area contributed by atoms with Gasteiger partial charge in [-0.05, 0) is 32.4 Å². The summed E-state index contributed by atoms with van der Waals surface area (Å²) >= 11 is 0. The lowest BCUT2D eigenvalue weighted by Crippen LogP contribution is -2.41. The van der Waals surface area contributed by atoms with E-state index in [0.29, 0.717) is 19.6 Å². The van der Waals surface area contributed by atoms with E-state index in [1.807, 2.05) is 20.8 Å². The third-order valence-corrected chi connectivity index (χ3v) is 8.30. The summed E-state index contributed by atoms with van der Waals surface area (Å²) in [5, 5.41) is 0. The number of halogens is 1. The quantitative estimate of drug-likeness (QED) is 0.641. The molecule has 0 aromatic heterocycles. The van der Waals surface area contributed by atoms with Crippen LogP contribution in [0.3, 0.4) is 0 Å². The Bertz CT molecular complexity index is 808. The summed E-state index contributed by atoms with van der Waals surface area (Å²) < 4.78 is 67.5. The summed E-state index contributed by atoms with van der Waals surface area (Å²) in [5.74, 6) is -0.828. The molecule has 0 spiro atoms. The highest BCUT2D eigenvalue weighted by Crippen LogP contribution is 2.30. The van der Waals surface area contributed by atoms with Crippen LogP contribution in [0.2, 0.25) is 0 Å². The fraction of sp³-hybridized carbons (Fsp3) is 0.667. The molecule has 0 radical (unpaired) electrons. The minimum atomic E-state index is -3.91. The van der Waals surface area contributed by atoms with Crippen molar-refractivity contribution in [1.82, 2.24) is 9.03 Å². The van der Waals surface area contributed by atoms with Crippen molar-refractivity contribution in [3.05, 3.63) is 23.5 Å². The van der Waals surface area contributed by atoms with E-state index in [-0.39, 0.29) is 35.8 Å². The molecule has 1 heterocycles. The fourth-order valence-corrected chi connectivity index (χ4v) is 5.78. The molecule has 1 atom stereocenters. The van der Waals surface area contributed by atoms with Gasteiger partial charge in [0.15, 0.2) is 11.6 Å². The van der Waals surface area contributed by atoms with Gasteiger partial charge in [0.05, 0.1) is 41.0 Å². The number of hydrogen-bond acceptors (Lipinski definition) is 5. The number of sulfonamides is 1. The van der Waals surface area contributed by atoms with Crippen LogP contribution >= 0.6 is 0 Å². The van der Waals surface area contributed by atoms with Gasteiger partial charge in [0, 0.05) is 25.2 Å². The molecule has 1 saturated heterocycles. The SMILES string of the molecule is CCCC(C)(C)S(=O)NCc1c(S(=O)(=O)N2CCOCC2)ccc(OC)c1F. The Morgan fingerprint density at radius 1 is 1.32 bits per heavy atom. The molecule has 0 amide bonds. The van der Waals surface area contributed by atoms with Crippen LogP contribution in [0.5, 0.6) is 5.75 Å². The first-order valence-corrected chi connectivity index (χ1v) is 11.8. The molecule has 1 aromatic carbocycles. The van der Waals surface area contributed by atoms with E-state index in [4.69, 9.17) is 9.47 Å². The maximum absolute atomic E-state index is 15.0. The molecule has 10 heteroatoms. The topological polar surface area (TPSA) is 84.9 Å². The highest BCUT2D eigenvalue weighted by molar-refractivity contribution is 7.89. The highest BCUT2D eigenvalue weighted by atomic mass is 32.2. The van der Waals surface area contributed by atoms with E-state index >= 15 is 0 Å². The summed E-state index contributed by atoms with van der Waals surface area (Å²) in [5.41, 5.74) is -0.0773. The third-order valence-electron chi connectivity index (χ3n) is 4.71. The summed E-state index contributed by atoms with van der Waals surface area (Å²) in [6.45, 7) is 6.51. The van der Waals surface area contributed by atoms with Crippen LogP contribution < -0.4 is 9.46 Å². The standard InChI is InChI=1S/C18H29FN2O5S2/c1-5-8-18(2,3)27(22)20-13-14-16(7-6-15(25-4)17(14)19)28(23,24)21-9-11-26-12-10-21/h6-7,20H,5,8-13H2,1-4H3. The van der Waals surface area contributed by atoms with Gasteiger partial charge in [0.2, 0.25) is 10.0 Å². The zero-order valence-corrected chi connectivity index (χ0v) is 18.4. The molecule has 0 saturated carbocycles. The van der Waals surface area contributed by atoms with Crippen LogP contribution in [0.4, 0.5) is 4.39 Å². The molecule has 1 aliphatic heterocycles. The predicted octanol–water partition coefficient (Wildman–Crippen LogP) is 2.19. The van der Waals surface area contributed by atoms with Crippen LogP contribution in [-0.2, 0) is 32.3 Å². The van der Waals surface area contributed by atoms with E-state index in [9.17, 15) is 17.0 Å². The second-order valence-corrected chi connectivity index (χ2v) is 11.0. The van der Waals surface area contributed by atoms with Gasteiger partial charge in [-0.2, -0.15) is 4.31 Å². The molecule has 7 nitrogen and oxygen atoms in total. The molecular formula is C18H29FN2O5S2. The molecule has 1 fully saturated rings. The first kappa shape index (κ1) is 23.2. The lowest BCUT2D eigenvalue weighted by Gasteiger charge is -2.28. The van der Waals surface area contributed by atoms with Crippen molar-refractivity contribution in [3.8, 4) is 5.75 Å². The van der Waals surface area contributed by atoms with E-state index < -0.39 is 31.6 Å². The number of rotatable bonds is 9. The largest absolute Gasteiger partial charge is 0.494 e. The van der Waals surface area contributed by atoms with Crippen molar-refractivity contribution in [1.29, 1.82) is 0 Å². The van der Waals surface area contributed by atoms with Gasteiger partial charge >= 0.3 is 0 Å². The van der Waals surface area contributed by atoms with Crippen molar-refractivity contribution in [3.63, 3.8) is 0 Å². The summed E-state index contributed by atoms with van der Waals surface area (Å²) in [6, 6.07) is 2.63. The van der Waals surface area contributed by atoms with Crippen LogP contribution in [0, 0.1) is 5.82 Å². The number of nitrogens with zero attached hydrogens (tertiary/aromatic N) is 1. The number of benzene rings is 1. The minimum Gasteiger partial charge on any atom is -0.494 e. The lowest BCUT2D eigenvalue weighted by molar-refractivity contribution is 0.0730. The van der Waals surface area contributed by atoms with Crippen molar-refractivity contribution in [2.45, 2.75) is 49.8 Å². The van der Waals surface area contributed by atoms with Crippen LogP contribution in [0.15, 0.2) is 17.0 Å². The minimum absolute atomic E-state index is 0.0590. The number of hydrogen-bond donors (Lipinski definition) is 1. The lowest BCUT2D eigenvalue weighted by atomic mass is 10.1. The summed E-state index contributed by atoms with van der Waals surface area (Å²) in [6.07, 6.45) is 1.57. The Morgan fingerprint density at radius 2 is 1.96 bits per heavy atom. The highest BCUT2D eigenvalue weighted by Gasteiger charge is 2.32. The van der Waals surface area contributed by atoms with Gasteiger partial charge in [-0.15, -0.1) is 0 Å². The van der Waals surface area contributed by atoms with Gasteiger partial charge in [-0.25, -0.2) is 21.7 Å². The fourth-order valence-electron chi connectivity index (χ4n) is 3.10. The monoisotopic (exact) mass is 436 g/mol. The van der Waals surface area contributed by atoms with Gasteiger partial charge < -0.3 is 9.47 Å². The Kier molecular flexibility index (Phi) is 7.97. The molecule has 0 aliphatic carbocycles. The zero-order valence-electron chi connectivity index (χ0n) is 16.8. The molecule has 28 heavy (non-hydrogen) atoms. The van der Waals surface area contributed by atoms with Crippen LogP contribution in [0.25, 0.3) is 0 Å². The smallest absolute Gasteiger partial charge is 0.243 e. The second-order valence-electron chi connectivity index (χ2n) is 7.17. The average molecular weight is 437 g/mol. The van der Waals surface area contributed by atoms with Gasteiger partial charge in [-0.3, -0.25) is 0 Å². The molecule has 1 unspecified atom stereocenters. The molecule has 0 bridgehead atoms. The van der Waals surface area contributed by atoms with Crippen molar-refractivity contribution in [2.75, 3.05) is 33.4 Å². The Morgan fingerprint density at radius 3 is 2.54 bits per heavy atom. The average Bonchev–Trinajstić information content (AvgIpc) is 2.67. The summed E-state index contributed by atoms with van der Waals surface area (Å²) in [4.78, 5) is -0.148. The third kappa shape index (κ3) is 5.10. The van der Waals surface area contributed by atoms with Crippen molar-refractivity contribution < 1.29 is 26.5 Å². The van der Waals surface area contributed by atoms with Gasteiger partial charge in [0.1, 0.15) is 0 Å². The van der Waals surface area contributed by atoms with E-state index in [2.05, 4.69) is 4.72 Å². The van der Waals surface area contributed by atoms with E-state index in [0.717, 1.165) is 6.42 Å². The van der Waals surface area contributed by atoms with Crippen molar-refractivity contribution in [2.24, 2.45) is 0 Å². The van der Waals surface area contributed by atoms with Crippen molar-refractivity contribution >= 4 is 21.0 Å². The van der Waals surface area contributed by atoms with Gasteiger partial charge in [-0.1, -0.05) is 13.3 Å². The molecule has 1 aliphatic rings. The number of ether oxygens (including phenoxy) is 2. The number of methoxy groups -OCH3 is 1. The van der Waals surface area contributed by atoms with E-state index in [1.54, 1.807) is 0 Å². The maximum Gasteiger partial charge on any atom is 0.243 e. The molecule has 1 N–H and O–H groups in total. The maximum atomic E-state index is 15.0. The Labute approximate surface area is 169 Å². The number of nitrogens with one attached hydrogen (secondary N) is 1. The normalized spacial score (nSPS) is 17.5. The van der Waals surface area contributed by atoms with Gasteiger partial charge in [0.25, 0.3) is 0 Å². The molecule has 1 aromatic rings. The first-order valence-electron chi connectivity index (χ1n) is 9.23. The van der Waals surface area contributed by atoms with E-state index in [1.165, 1.54) is 23.5 Å². The first-order chi connectivity index (χ1) is 13.1. The summed E-state index contributed by atoms with van der Waals surface area (Å²) in [7, 11) is -4.07.